The third kappa shape index (κ3) is 3.23. The summed E-state index contributed by atoms with van der Waals surface area (Å²) in [4.78, 5) is 27.3. The van der Waals surface area contributed by atoms with Gasteiger partial charge in [0.1, 0.15) is 0 Å². The van der Waals surface area contributed by atoms with Gasteiger partial charge in [-0.1, -0.05) is 0 Å². The molecule has 1 saturated heterocycles. The molecule has 0 atom stereocenters. The third-order valence-corrected chi connectivity index (χ3v) is 5.84. The molecule has 1 amide bonds. The quantitative estimate of drug-likeness (QED) is 0.692. The van der Waals surface area contributed by atoms with E-state index in [2.05, 4.69) is 28.2 Å². The Labute approximate surface area is 162 Å². The number of hydrogen-bond donors (Lipinski definition) is 0. The van der Waals surface area contributed by atoms with Gasteiger partial charge in [-0.3, -0.25) is 9.78 Å². The minimum absolute atomic E-state index is 0.0907. The Bertz CT molecular complexity index is 1040. The number of nitrogens with zero attached hydrogens (tertiary/aromatic N) is 4. The van der Waals surface area contributed by atoms with E-state index < -0.39 is 5.82 Å². The molecule has 0 unspecified atom stereocenters. The van der Waals surface area contributed by atoms with Crippen LogP contribution in [0.5, 0.6) is 0 Å². The van der Waals surface area contributed by atoms with Crippen molar-refractivity contribution in [3.8, 4) is 0 Å². The topological polar surface area (TPSA) is 59.0 Å². The average Bonchev–Trinajstić information content (AvgIpc) is 3.58. The number of carbonyl (C=O) groups is 1. The maximum absolute atomic E-state index is 13.8. The summed E-state index contributed by atoms with van der Waals surface area (Å²) in [5.41, 5.74) is 3.23. The normalized spacial score (nSPS) is 17.8. The lowest BCUT2D eigenvalue weighted by atomic mass is 9.92. The monoisotopic (exact) mass is 376 g/mol. The standard InChI is InChI=1S/C22H21FN4O/c23-19-13-24-8-5-18(19)22(28)27-9-6-15(7-10-27)20-4-3-16-11-17(14-1-2-14)12-25-21(16)26-20/h3-5,8,11-15H,1-2,6-7,9-10H2. The number of likely N-dealkylation sites (tertiary alicyclic amines) is 1. The smallest absolute Gasteiger partial charge is 0.256 e. The van der Waals surface area contributed by atoms with E-state index in [9.17, 15) is 9.18 Å². The second-order valence-corrected chi connectivity index (χ2v) is 7.75. The molecule has 3 aromatic heterocycles. The highest BCUT2D eigenvalue weighted by atomic mass is 19.1. The Kier molecular flexibility index (Phi) is 4.26. The number of rotatable bonds is 3. The lowest BCUT2D eigenvalue weighted by molar-refractivity contribution is 0.0707. The Morgan fingerprint density at radius 3 is 2.61 bits per heavy atom. The molecule has 1 saturated carbocycles. The van der Waals surface area contributed by atoms with Crippen LogP contribution in [0, 0.1) is 5.82 Å². The summed E-state index contributed by atoms with van der Waals surface area (Å²) in [6, 6.07) is 7.85. The summed E-state index contributed by atoms with van der Waals surface area (Å²) in [7, 11) is 0. The Morgan fingerprint density at radius 2 is 1.86 bits per heavy atom. The van der Waals surface area contributed by atoms with E-state index in [0.717, 1.165) is 35.8 Å². The fourth-order valence-electron chi connectivity index (χ4n) is 4.01. The highest BCUT2D eigenvalue weighted by Gasteiger charge is 2.27. The summed E-state index contributed by atoms with van der Waals surface area (Å²) >= 11 is 0. The third-order valence-electron chi connectivity index (χ3n) is 5.84. The van der Waals surface area contributed by atoms with Crippen molar-refractivity contribution in [1.82, 2.24) is 19.9 Å². The van der Waals surface area contributed by atoms with Crippen LogP contribution in [0.1, 0.15) is 59.1 Å². The average molecular weight is 376 g/mol. The van der Waals surface area contributed by atoms with E-state index >= 15 is 0 Å². The van der Waals surface area contributed by atoms with Crippen molar-refractivity contribution in [3.05, 3.63) is 65.5 Å². The van der Waals surface area contributed by atoms with Gasteiger partial charge in [-0.25, -0.2) is 14.4 Å². The molecule has 0 bridgehead atoms. The van der Waals surface area contributed by atoms with Crippen molar-refractivity contribution in [2.75, 3.05) is 13.1 Å². The second-order valence-electron chi connectivity index (χ2n) is 7.75. The van der Waals surface area contributed by atoms with Gasteiger partial charge in [0, 0.05) is 42.5 Å². The van der Waals surface area contributed by atoms with Gasteiger partial charge >= 0.3 is 0 Å². The summed E-state index contributed by atoms with van der Waals surface area (Å²) < 4.78 is 13.8. The van der Waals surface area contributed by atoms with Gasteiger partial charge < -0.3 is 4.90 Å². The van der Waals surface area contributed by atoms with Crippen molar-refractivity contribution < 1.29 is 9.18 Å². The van der Waals surface area contributed by atoms with E-state index in [4.69, 9.17) is 4.98 Å². The van der Waals surface area contributed by atoms with Crippen molar-refractivity contribution in [3.63, 3.8) is 0 Å². The molecule has 142 valence electrons. The van der Waals surface area contributed by atoms with Gasteiger partial charge in [-0.15, -0.1) is 0 Å². The molecule has 4 heterocycles. The second kappa shape index (κ2) is 6.93. The SMILES string of the molecule is O=C(c1ccncc1F)N1CCC(c2ccc3cc(C4CC4)cnc3n2)CC1. The molecule has 6 heteroatoms. The van der Waals surface area contributed by atoms with Crippen LogP contribution >= 0.6 is 0 Å². The molecule has 28 heavy (non-hydrogen) atoms. The first-order valence-electron chi connectivity index (χ1n) is 9.84. The highest BCUT2D eigenvalue weighted by molar-refractivity contribution is 5.94. The summed E-state index contributed by atoms with van der Waals surface area (Å²) in [5.74, 6) is 0.144. The number of halogens is 1. The van der Waals surface area contributed by atoms with Crippen LogP contribution in [0.15, 0.2) is 42.9 Å². The zero-order valence-corrected chi connectivity index (χ0v) is 15.5. The summed E-state index contributed by atoms with van der Waals surface area (Å²) in [6.45, 7) is 1.19. The first-order chi connectivity index (χ1) is 13.7. The lowest BCUT2D eigenvalue weighted by Crippen LogP contribution is -2.38. The number of piperidine rings is 1. The van der Waals surface area contributed by atoms with Gasteiger partial charge in [0.2, 0.25) is 0 Å². The Balaban J connectivity index is 1.29. The van der Waals surface area contributed by atoms with Crippen LogP contribution in [-0.4, -0.2) is 38.8 Å². The van der Waals surface area contributed by atoms with Gasteiger partial charge in [0.05, 0.1) is 11.8 Å². The molecule has 0 radical (unpaired) electrons. The van der Waals surface area contributed by atoms with Gasteiger partial charge in [0.25, 0.3) is 5.91 Å². The largest absolute Gasteiger partial charge is 0.339 e. The predicted molar refractivity (Wildman–Crippen MR) is 104 cm³/mol. The fraction of sp³-hybridized carbons (Fsp3) is 0.364. The maximum Gasteiger partial charge on any atom is 0.256 e. The Morgan fingerprint density at radius 1 is 1.04 bits per heavy atom. The number of amides is 1. The fourth-order valence-corrected chi connectivity index (χ4v) is 4.01. The molecule has 5 nitrogen and oxygen atoms in total. The first-order valence-corrected chi connectivity index (χ1v) is 9.84. The highest BCUT2D eigenvalue weighted by Crippen LogP contribution is 2.40. The molecular formula is C22H21FN4O. The van der Waals surface area contributed by atoms with Crippen molar-refractivity contribution >= 4 is 16.9 Å². The van der Waals surface area contributed by atoms with E-state index in [1.54, 1.807) is 4.90 Å². The van der Waals surface area contributed by atoms with Crippen LogP contribution < -0.4 is 0 Å². The number of hydrogen-bond acceptors (Lipinski definition) is 4. The number of carbonyl (C=O) groups excluding carboxylic acids is 1. The lowest BCUT2D eigenvalue weighted by Gasteiger charge is -2.32. The molecule has 5 rings (SSSR count). The predicted octanol–water partition coefficient (Wildman–Crippen LogP) is 4.06. The molecule has 0 spiro atoms. The minimum Gasteiger partial charge on any atom is -0.339 e. The molecule has 2 aliphatic rings. The van der Waals surface area contributed by atoms with E-state index in [1.165, 1.54) is 30.7 Å². The summed E-state index contributed by atoms with van der Waals surface area (Å²) in [5, 5.41) is 1.09. The first kappa shape index (κ1) is 17.2. The minimum atomic E-state index is -0.567. The molecule has 0 aromatic carbocycles. The zero-order valence-electron chi connectivity index (χ0n) is 15.5. The van der Waals surface area contributed by atoms with Crippen molar-refractivity contribution in [2.45, 2.75) is 37.5 Å². The van der Waals surface area contributed by atoms with Crippen LogP contribution in [0.4, 0.5) is 4.39 Å². The van der Waals surface area contributed by atoms with Crippen LogP contribution in [0.25, 0.3) is 11.0 Å². The molecule has 2 fully saturated rings. The molecule has 1 aliphatic carbocycles. The molecule has 1 aliphatic heterocycles. The Hall–Kier alpha value is -2.89. The number of fused-ring (bicyclic) bond motifs is 1. The van der Waals surface area contributed by atoms with E-state index in [1.807, 2.05) is 6.20 Å². The van der Waals surface area contributed by atoms with Crippen LogP contribution in [-0.2, 0) is 0 Å². The molecular weight excluding hydrogens is 355 g/mol. The number of aromatic nitrogens is 3. The van der Waals surface area contributed by atoms with Crippen molar-refractivity contribution in [1.29, 1.82) is 0 Å². The molecule has 0 N–H and O–H groups in total. The van der Waals surface area contributed by atoms with Crippen molar-refractivity contribution in [2.24, 2.45) is 0 Å². The van der Waals surface area contributed by atoms with Crippen LogP contribution in [0.3, 0.4) is 0 Å². The molecule has 3 aromatic rings. The van der Waals surface area contributed by atoms with E-state index in [0.29, 0.717) is 24.9 Å². The van der Waals surface area contributed by atoms with Gasteiger partial charge in [0.15, 0.2) is 11.5 Å². The van der Waals surface area contributed by atoms with Crippen LogP contribution in [0.2, 0.25) is 0 Å². The zero-order chi connectivity index (χ0) is 19.1. The van der Waals surface area contributed by atoms with E-state index in [-0.39, 0.29) is 11.5 Å². The maximum atomic E-state index is 13.8. The summed E-state index contributed by atoms with van der Waals surface area (Å²) in [6.07, 6.45) is 8.65. The van der Waals surface area contributed by atoms with Gasteiger partial charge in [-0.2, -0.15) is 0 Å². The van der Waals surface area contributed by atoms with Gasteiger partial charge in [-0.05, 0) is 61.4 Å². The number of pyridine rings is 3.